The van der Waals surface area contributed by atoms with Gasteiger partial charge in [-0.15, -0.1) is 0 Å². The van der Waals surface area contributed by atoms with E-state index in [4.69, 9.17) is 4.74 Å². The van der Waals surface area contributed by atoms with Crippen LogP contribution in [0.2, 0.25) is 0 Å². The first-order chi connectivity index (χ1) is 8.94. The predicted molar refractivity (Wildman–Crippen MR) is 73.4 cm³/mol. The van der Waals surface area contributed by atoms with Crippen LogP contribution in [0.4, 0.5) is 0 Å². The van der Waals surface area contributed by atoms with E-state index in [1.807, 2.05) is 13.8 Å². The number of morpholine rings is 1. The molecule has 1 fully saturated rings. The van der Waals surface area contributed by atoms with E-state index in [9.17, 15) is 4.79 Å². The molecule has 1 aromatic heterocycles. The minimum atomic E-state index is -0.0533. The lowest BCUT2D eigenvalue weighted by molar-refractivity contribution is -0.928. The number of aromatic nitrogens is 2. The monoisotopic (exact) mass is 266 g/mol. The molecule has 0 aliphatic carbocycles. The van der Waals surface area contributed by atoms with Gasteiger partial charge in [-0.2, -0.15) is 0 Å². The SMILES string of the molecule is CC(C)c1nc(C[NH+]2C[C@@H](C)O[C@@H](C)C2)cc(=O)[nH]1. The number of hydrogen-bond donors (Lipinski definition) is 2. The Hall–Kier alpha value is -1.20. The van der Waals surface area contributed by atoms with Crippen LogP contribution in [0.15, 0.2) is 10.9 Å². The van der Waals surface area contributed by atoms with Crippen LogP contribution in [0.25, 0.3) is 0 Å². The summed E-state index contributed by atoms with van der Waals surface area (Å²) in [7, 11) is 0. The van der Waals surface area contributed by atoms with Crippen molar-refractivity contribution in [3.05, 3.63) is 27.9 Å². The summed E-state index contributed by atoms with van der Waals surface area (Å²) in [5.41, 5.74) is 0.825. The van der Waals surface area contributed by atoms with Crippen molar-refractivity contribution in [1.82, 2.24) is 9.97 Å². The highest BCUT2D eigenvalue weighted by Gasteiger charge is 2.26. The highest BCUT2D eigenvalue weighted by Crippen LogP contribution is 2.06. The summed E-state index contributed by atoms with van der Waals surface area (Å²) in [6, 6.07) is 1.61. The standard InChI is InChI=1S/C14H23N3O2/c1-9(2)14-15-12(5-13(18)16-14)8-17-6-10(3)19-11(4)7-17/h5,9-11H,6-8H2,1-4H3,(H,15,16,18)/p+1/t10-,11+. The molecule has 2 N–H and O–H groups in total. The van der Waals surface area contributed by atoms with Gasteiger partial charge in [0.15, 0.2) is 0 Å². The number of quaternary nitrogens is 1. The number of hydrogen-bond acceptors (Lipinski definition) is 3. The van der Waals surface area contributed by atoms with E-state index in [1.54, 1.807) is 6.07 Å². The molecule has 0 radical (unpaired) electrons. The van der Waals surface area contributed by atoms with Gasteiger partial charge in [-0.1, -0.05) is 13.8 Å². The van der Waals surface area contributed by atoms with Crippen LogP contribution in [0.1, 0.15) is 45.1 Å². The molecule has 5 nitrogen and oxygen atoms in total. The molecule has 2 heterocycles. The Bertz CT molecular complexity index is 474. The zero-order valence-electron chi connectivity index (χ0n) is 12.2. The largest absolute Gasteiger partial charge is 0.364 e. The molecular weight excluding hydrogens is 242 g/mol. The summed E-state index contributed by atoms with van der Waals surface area (Å²) in [5, 5.41) is 0. The van der Waals surface area contributed by atoms with E-state index in [0.717, 1.165) is 31.2 Å². The third-order valence-electron chi connectivity index (χ3n) is 3.41. The van der Waals surface area contributed by atoms with Gasteiger partial charge in [0.25, 0.3) is 5.56 Å². The van der Waals surface area contributed by atoms with Crippen molar-refractivity contribution in [3.63, 3.8) is 0 Å². The molecule has 1 aromatic rings. The van der Waals surface area contributed by atoms with E-state index in [0.29, 0.717) is 0 Å². The fourth-order valence-electron chi connectivity index (χ4n) is 2.68. The lowest BCUT2D eigenvalue weighted by atomic mass is 10.2. The smallest absolute Gasteiger partial charge is 0.251 e. The molecule has 1 unspecified atom stereocenters. The second kappa shape index (κ2) is 5.84. The van der Waals surface area contributed by atoms with Crippen molar-refractivity contribution in [2.24, 2.45) is 0 Å². The fourth-order valence-corrected chi connectivity index (χ4v) is 2.68. The molecule has 0 spiro atoms. The van der Waals surface area contributed by atoms with Gasteiger partial charge in [-0.05, 0) is 13.8 Å². The van der Waals surface area contributed by atoms with Crippen molar-refractivity contribution in [2.45, 2.75) is 52.4 Å². The summed E-state index contributed by atoms with van der Waals surface area (Å²) in [6.07, 6.45) is 0.538. The molecule has 0 amide bonds. The quantitative estimate of drug-likeness (QED) is 0.815. The average Bonchev–Trinajstić information content (AvgIpc) is 2.26. The van der Waals surface area contributed by atoms with Gasteiger partial charge < -0.3 is 14.6 Å². The summed E-state index contributed by atoms with van der Waals surface area (Å²) in [6.45, 7) is 11.0. The molecule has 1 aliphatic heterocycles. The van der Waals surface area contributed by atoms with Crippen LogP contribution in [-0.4, -0.2) is 35.3 Å². The second-order valence-corrected chi connectivity index (χ2v) is 5.87. The maximum Gasteiger partial charge on any atom is 0.251 e. The maximum absolute atomic E-state index is 11.7. The van der Waals surface area contributed by atoms with Gasteiger partial charge >= 0.3 is 0 Å². The fraction of sp³-hybridized carbons (Fsp3) is 0.714. The molecule has 1 aliphatic rings. The average molecular weight is 266 g/mol. The molecule has 3 atom stereocenters. The van der Waals surface area contributed by atoms with Crippen LogP contribution in [0, 0.1) is 0 Å². The highest BCUT2D eigenvalue weighted by molar-refractivity contribution is 5.03. The maximum atomic E-state index is 11.7. The zero-order chi connectivity index (χ0) is 14.0. The third kappa shape index (κ3) is 3.88. The molecule has 1 saturated heterocycles. The number of nitrogens with one attached hydrogen (secondary N) is 2. The van der Waals surface area contributed by atoms with Gasteiger partial charge in [0, 0.05) is 12.0 Å². The number of H-pyrrole nitrogens is 1. The molecule has 2 rings (SSSR count). The first-order valence-corrected chi connectivity index (χ1v) is 7.03. The molecule has 106 valence electrons. The minimum Gasteiger partial charge on any atom is -0.364 e. The number of nitrogens with zero attached hydrogens (tertiary/aromatic N) is 1. The van der Waals surface area contributed by atoms with E-state index in [2.05, 4.69) is 23.8 Å². The Kier molecular flexibility index (Phi) is 4.37. The normalized spacial score (nSPS) is 27.7. The van der Waals surface area contributed by atoms with Gasteiger partial charge in [0.05, 0.1) is 0 Å². The third-order valence-corrected chi connectivity index (χ3v) is 3.41. The topological polar surface area (TPSA) is 59.4 Å². The lowest BCUT2D eigenvalue weighted by Crippen LogP contribution is -3.14. The Morgan fingerprint density at radius 2 is 2.05 bits per heavy atom. The summed E-state index contributed by atoms with van der Waals surface area (Å²) in [5.74, 6) is 1.02. The van der Waals surface area contributed by atoms with Crippen LogP contribution in [0.3, 0.4) is 0 Å². The summed E-state index contributed by atoms with van der Waals surface area (Å²) < 4.78 is 5.73. The van der Waals surface area contributed by atoms with Crippen LogP contribution < -0.4 is 10.5 Å². The number of aromatic amines is 1. The van der Waals surface area contributed by atoms with Crippen LogP contribution in [0.5, 0.6) is 0 Å². The number of ether oxygens (including phenoxy) is 1. The van der Waals surface area contributed by atoms with Crippen LogP contribution >= 0.6 is 0 Å². The second-order valence-electron chi connectivity index (χ2n) is 5.87. The van der Waals surface area contributed by atoms with E-state index in [-0.39, 0.29) is 23.7 Å². The molecule has 0 bridgehead atoms. The van der Waals surface area contributed by atoms with Gasteiger partial charge in [0.2, 0.25) is 0 Å². The van der Waals surface area contributed by atoms with Crippen molar-refractivity contribution in [1.29, 1.82) is 0 Å². The minimum absolute atomic E-state index is 0.0533. The Labute approximate surface area is 114 Å². The number of rotatable bonds is 3. The molecule has 0 saturated carbocycles. The molecule has 19 heavy (non-hydrogen) atoms. The van der Waals surface area contributed by atoms with E-state index < -0.39 is 0 Å². The van der Waals surface area contributed by atoms with Crippen molar-refractivity contribution < 1.29 is 9.64 Å². The van der Waals surface area contributed by atoms with E-state index in [1.165, 1.54) is 4.90 Å². The molecule has 5 heteroatoms. The molecular formula is C14H24N3O2+. The van der Waals surface area contributed by atoms with Crippen molar-refractivity contribution >= 4 is 0 Å². The van der Waals surface area contributed by atoms with Gasteiger partial charge in [-0.3, -0.25) is 4.79 Å². The first kappa shape index (κ1) is 14.2. The van der Waals surface area contributed by atoms with Gasteiger partial charge in [0.1, 0.15) is 43.4 Å². The Morgan fingerprint density at radius 3 is 2.63 bits per heavy atom. The molecule has 0 aromatic carbocycles. The van der Waals surface area contributed by atoms with Crippen molar-refractivity contribution in [2.75, 3.05) is 13.1 Å². The Balaban J connectivity index is 2.12. The summed E-state index contributed by atoms with van der Waals surface area (Å²) in [4.78, 5) is 20.4. The van der Waals surface area contributed by atoms with Crippen LogP contribution in [-0.2, 0) is 11.3 Å². The zero-order valence-corrected chi connectivity index (χ0v) is 12.2. The van der Waals surface area contributed by atoms with Crippen molar-refractivity contribution in [3.8, 4) is 0 Å². The summed E-state index contributed by atoms with van der Waals surface area (Å²) >= 11 is 0. The predicted octanol–water partition coefficient (Wildman–Crippen LogP) is 0.0854. The Morgan fingerprint density at radius 1 is 1.42 bits per heavy atom. The lowest BCUT2D eigenvalue weighted by Gasteiger charge is -2.32. The first-order valence-electron chi connectivity index (χ1n) is 7.03. The van der Waals surface area contributed by atoms with E-state index >= 15 is 0 Å². The highest BCUT2D eigenvalue weighted by atomic mass is 16.5. The van der Waals surface area contributed by atoms with Gasteiger partial charge in [-0.25, -0.2) is 4.98 Å².